The molecule has 1 aromatic carbocycles. The first kappa shape index (κ1) is 15.9. The van der Waals surface area contributed by atoms with E-state index in [1.165, 1.54) is 18.3 Å². The molecule has 0 aliphatic heterocycles. The SMILES string of the molecule is CC(C)(C)NCc1cnc(Oc2ccc(Br)cc2F)cn1. The summed E-state index contributed by atoms with van der Waals surface area (Å²) in [6.07, 6.45) is 3.10. The fourth-order valence-electron chi connectivity index (χ4n) is 1.51. The van der Waals surface area contributed by atoms with Crippen molar-refractivity contribution in [3.8, 4) is 11.6 Å². The van der Waals surface area contributed by atoms with Crippen LogP contribution in [0.4, 0.5) is 4.39 Å². The summed E-state index contributed by atoms with van der Waals surface area (Å²) in [4.78, 5) is 8.38. The number of halogens is 2. The van der Waals surface area contributed by atoms with Crippen molar-refractivity contribution in [1.29, 1.82) is 0 Å². The van der Waals surface area contributed by atoms with Gasteiger partial charge in [-0.25, -0.2) is 9.37 Å². The van der Waals surface area contributed by atoms with Crippen LogP contribution in [-0.4, -0.2) is 15.5 Å². The fraction of sp³-hybridized carbons (Fsp3) is 0.333. The van der Waals surface area contributed by atoms with Gasteiger partial charge in [-0.2, -0.15) is 0 Å². The maximum atomic E-state index is 13.7. The molecule has 0 fully saturated rings. The van der Waals surface area contributed by atoms with E-state index in [-0.39, 0.29) is 17.2 Å². The Balaban J connectivity index is 2.02. The minimum atomic E-state index is -0.454. The average Bonchev–Trinajstić information content (AvgIpc) is 2.40. The molecule has 0 aliphatic rings. The second kappa shape index (κ2) is 6.49. The molecule has 0 spiro atoms. The molecular formula is C15H17BrFN3O. The van der Waals surface area contributed by atoms with Crippen LogP contribution < -0.4 is 10.1 Å². The van der Waals surface area contributed by atoms with Gasteiger partial charge in [-0.15, -0.1) is 0 Å². The fourth-order valence-corrected chi connectivity index (χ4v) is 1.85. The van der Waals surface area contributed by atoms with E-state index in [1.807, 2.05) is 0 Å². The van der Waals surface area contributed by atoms with Crippen molar-refractivity contribution in [2.75, 3.05) is 0 Å². The lowest BCUT2D eigenvalue weighted by Crippen LogP contribution is -2.35. The second-order valence-electron chi connectivity index (χ2n) is 5.63. The molecule has 0 aliphatic carbocycles. The quantitative estimate of drug-likeness (QED) is 0.900. The van der Waals surface area contributed by atoms with E-state index >= 15 is 0 Å². The Labute approximate surface area is 131 Å². The largest absolute Gasteiger partial charge is 0.434 e. The van der Waals surface area contributed by atoms with Gasteiger partial charge in [0.1, 0.15) is 0 Å². The Bertz CT molecular complexity index is 611. The minimum Gasteiger partial charge on any atom is -0.434 e. The molecular weight excluding hydrogens is 337 g/mol. The number of benzene rings is 1. The van der Waals surface area contributed by atoms with Gasteiger partial charge in [-0.05, 0) is 39.0 Å². The molecule has 1 N–H and O–H groups in total. The molecule has 21 heavy (non-hydrogen) atoms. The van der Waals surface area contributed by atoms with Crippen LogP contribution in [-0.2, 0) is 6.54 Å². The molecule has 1 heterocycles. The first-order valence-corrected chi connectivity index (χ1v) is 7.32. The molecule has 0 saturated heterocycles. The third-order valence-corrected chi connectivity index (χ3v) is 3.08. The molecule has 112 valence electrons. The van der Waals surface area contributed by atoms with Gasteiger partial charge in [0.25, 0.3) is 0 Å². The van der Waals surface area contributed by atoms with E-state index in [0.29, 0.717) is 11.0 Å². The molecule has 6 heteroatoms. The number of hydrogen-bond acceptors (Lipinski definition) is 4. The highest BCUT2D eigenvalue weighted by molar-refractivity contribution is 9.10. The topological polar surface area (TPSA) is 47.0 Å². The number of nitrogens with one attached hydrogen (secondary N) is 1. The summed E-state index contributed by atoms with van der Waals surface area (Å²) < 4.78 is 19.7. The molecule has 0 atom stereocenters. The van der Waals surface area contributed by atoms with E-state index in [4.69, 9.17) is 4.74 Å². The van der Waals surface area contributed by atoms with Crippen molar-refractivity contribution >= 4 is 15.9 Å². The summed E-state index contributed by atoms with van der Waals surface area (Å²) >= 11 is 3.19. The smallest absolute Gasteiger partial charge is 0.237 e. The van der Waals surface area contributed by atoms with Crippen molar-refractivity contribution < 1.29 is 9.13 Å². The lowest BCUT2D eigenvalue weighted by Gasteiger charge is -2.19. The Hall–Kier alpha value is -1.53. The van der Waals surface area contributed by atoms with Crippen LogP contribution >= 0.6 is 15.9 Å². The van der Waals surface area contributed by atoms with Crippen LogP contribution in [0.1, 0.15) is 26.5 Å². The molecule has 4 nitrogen and oxygen atoms in total. The Morgan fingerprint density at radius 1 is 1.24 bits per heavy atom. The third kappa shape index (κ3) is 5.06. The number of ether oxygens (including phenoxy) is 1. The monoisotopic (exact) mass is 353 g/mol. The van der Waals surface area contributed by atoms with Gasteiger partial charge in [0.2, 0.25) is 5.88 Å². The Kier molecular flexibility index (Phi) is 4.90. The first-order valence-electron chi connectivity index (χ1n) is 6.52. The maximum absolute atomic E-state index is 13.7. The first-order chi connectivity index (χ1) is 9.83. The summed E-state index contributed by atoms with van der Waals surface area (Å²) in [6, 6.07) is 4.58. The Morgan fingerprint density at radius 3 is 2.57 bits per heavy atom. The summed E-state index contributed by atoms with van der Waals surface area (Å²) in [5.74, 6) is -0.0755. The van der Waals surface area contributed by atoms with Gasteiger partial charge >= 0.3 is 0 Å². The number of nitrogens with zero attached hydrogens (tertiary/aromatic N) is 2. The van der Waals surface area contributed by atoms with E-state index in [1.54, 1.807) is 12.3 Å². The van der Waals surface area contributed by atoms with Crippen molar-refractivity contribution in [2.45, 2.75) is 32.9 Å². The van der Waals surface area contributed by atoms with Crippen molar-refractivity contribution in [2.24, 2.45) is 0 Å². The molecule has 0 bridgehead atoms. The van der Waals surface area contributed by atoms with Gasteiger partial charge in [0.15, 0.2) is 11.6 Å². The van der Waals surface area contributed by atoms with Crippen molar-refractivity contribution in [3.63, 3.8) is 0 Å². The lowest BCUT2D eigenvalue weighted by atomic mass is 10.1. The molecule has 2 aromatic rings. The number of rotatable bonds is 4. The molecule has 0 unspecified atom stereocenters. The predicted molar refractivity (Wildman–Crippen MR) is 82.8 cm³/mol. The average molecular weight is 354 g/mol. The van der Waals surface area contributed by atoms with Crippen LogP contribution in [0.2, 0.25) is 0 Å². The summed E-state index contributed by atoms with van der Waals surface area (Å²) in [7, 11) is 0. The van der Waals surface area contributed by atoms with E-state index in [9.17, 15) is 4.39 Å². The van der Waals surface area contributed by atoms with Crippen LogP contribution in [0.3, 0.4) is 0 Å². The van der Waals surface area contributed by atoms with Crippen LogP contribution in [0.25, 0.3) is 0 Å². The Morgan fingerprint density at radius 2 is 2.00 bits per heavy atom. The van der Waals surface area contributed by atoms with Gasteiger partial charge in [-0.3, -0.25) is 4.98 Å². The maximum Gasteiger partial charge on any atom is 0.237 e. The van der Waals surface area contributed by atoms with Gasteiger partial charge in [0, 0.05) is 16.6 Å². The summed E-state index contributed by atoms with van der Waals surface area (Å²) in [6.45, 7) is 6.85. The standard InChI is InChI=1S/C15H17BrFN3O/c1-15(2,3)20-8-11-7-19-14(9-18-11)21-13-5-4-10(16)6-12(13)17/h4-7,9,20H,8H2,1-3H3. The molecule has 1 aromatic heterocycles. The third-order valence-electron chi connectivity index (χ3n) is 2.59. The van der Waals surface area contributed by atoms with Crippen LogP contribution in [0.5, 0.6) is 11.6 Å². The predicted octanol–water partition coefficient (Wildman–Crippen LogP) is 4.06. The van der Waals surface area contributed by atoms with Gasteiger partial charge < -0.3 is 10.1 Å². The van der Waals surface area contributed by atoms with E-state index in [2.05, 4.69) is 52.0 Å². The lowest BCUT2D eigenvalue weighted by molar-refractivity contribution is 0.414. The molecule has 2 rings (SSSR count). The van der Waals surface area contributed by atoms with Gasteiger partial charge in [-0.1, -0.05) is 15.9 Å². The van der Waals surface area contributed by atoms with E-state index in [0.717, 1.165) is 5.69 Å². The van der Waals surface area contributed by atoms with Crippen molar-refractivity contribution in [1.82, 2.24) is 15.3 Å². The number of hydrogen-bond donors (Lipinski definition) is 1. The highest BCUT2D eigenvalue weighted by atomic mass is 79.9. The molecule has 0 saturated carbocycles. The zero-order valence-electron chi connectivity index (χ0n) is 12.2. The van der Waals surface area contributed by atoms with E-state index < -0.39 is 5.82 Å². The highest BCUT2D eigenvalue weighted by Gasteiger charge is 2.10. The van der Waals surface area contributed by atoms with Crippen LogP contribution in [0.15, 0.2) is 35.1 Å². The summed E-state index contributed by atoms with van der Waals surface area (Å²) in [5, 5.41) is 3.31. The highest BCUT2D eigenvalue weighted by Crippen LogP contribution is 2.25. The minimum absolute atomic E-state index is 0.0113. The van der Waals surface area contributed by atoms with Crippen LogP contribution in [0, 0.1) is 5.82 Å². The zero-order valence-corrected chi connectivity index (χ0v) is 13.7. The normalized spacial score (nSPS) is 11.5. The van der Waals surface area contributed by atoms with Gasteiger partial charge in [0.05, 0.1) is 18.1 Å². The van der Waals surface area contributed by atoms with Crippen molar-refractivity contribution in [3.05, 3.63) is 46.6 Å². The zero-order chi connectivity index (χ0) is 15.5. The molecule has 0 amide bonds. The number of aromatic nitrogens is 2. The summed E-state index contributed by atoms with van der Waals surface area (Å²) in [5.41, 5.74) is 0.811. The second-order valence-corrected chi connectivity index (χ2v) is 6.54. The molecule has 0 radical (unpaired) electrons.